The molecular weight excluding hydrogens is 291 g/mol. The van der Waals surface area contributed by atoms with Crippen LogP contribution in [0.15, 0.2) is 48.5 Å². The van der Waals surface area contributed by atoms with Crippen LogP contribution in [-0.2, 0) is 13.1 Å². The maximum atomic E-state index is 3.26. The van der Waals surface area contributed by atoms with Crippen LogP contribution in [0.1, 0.15) is 22.3 Å². The SMILES string of the molecule is Cc1ccc(CNNCc2ccccc2)c(C)c1.Cl.Cl. The van der Waals surface area contributed by atoms with Crippen LogP contribution < -0.4 is 10.9 Å². The summed E-state index contributed by atoms with van der Waals surface area (Å²) in [5, 5.41) is 0. The van der Waals surface area contributed by atoms with Crippen molar-refractivity contribution in [1.29, 1.82) is 0 Å². The molecule has 2 nitrogen and oxygen atoms in total. The molecule has 0 spiro atoms. The predicted molar refractivity (Wildman–Crippen MR) is 90.5 cm³/mol. The highest BCUT2D eigenvalue weighted by molar-refractivity contribution is 5.85. The molecule has 0 atom stereocenters. The second-order valence-electron chi connectivity index (χ2n) is 4.62. The predicted octanol–water partition coefficient (Wildman–Crippen LogP) is 3.94. The van der Waals surface area contributed by atoms with E-state index in [4.69, 9.17) is 0 Å². The Labute approximate surface area is 133 Å². The van der Waals surface area contributed by atoms with Crippen molar-refractivity contribution in [3.63, 3.8) is 0 Å². The minimum Gasteiger partial charge on any atom is -0.253 e. The second kappa shape index (κ2) is 9.78. The van der Waals surface area contributed by atoms with E-state index in [0.717, 1.165) is 13.1 Å². The van der Waals surface area contributed by atoms with Crippen molar-refractivity contribution < 1.29 is 0 Å². The Hall–Kier alpha value is -1.06. The highest BCUT2D eigenvalue weighted by Gasteiger charge is 1.97. The van der Waals surface area contributed by atoms with Gasteiger partial charge in [0, 0.05) is 13.1 Å². The van der Waals surface area contributed by atoms with Crippen LogP contribution in [0.3, 0.4) is 0 Å². The summed E-state index contributed by atoms with van der Waals surface area (Å²) in [6, 6.07) is 16.9. The molecule has 0 heterocycles. The van der Waals surface area contributed by atoms with E-state index >= 15 is 0 Å². The standard InChI is InChI=1S/C16H20N2.2ClH/c1-13-8-9-16(14(2)10-13)12-18-17-11-15-6-4-3-5-7-15;;/h3-10,17-18H,11-12H2,1-2H3;2*1H. The molecule has 0 amide bonds. The third kappa shape index (κ3) is 5.93. The fraction of sp³-hybridized carbons (Fsp3) is 0.250. The summed E-state index contributed by atoms with van der Waals surface area (Å²) < 4.78 is 0. The number of hydrogen-bond donors (Lipinski definition) is 2. The van der Waals surface area contributed by atoms with E-state index < -0.39 is 0 Å². The second-order valence-corrected chi connectivity index (χ2v) is 4.62. The van der Waals surface area contributed by atoms with Gasteiger partial charge < -0.3 is 0 Å². The third-order valence-corrected chi connectivity index (χ3v) is 3.04. The van der Waals surface area contributed by atoms with Crippen molar-refractivity contribution in [1.82, 2.24) is 10.9 Å². The van der Waals surface area contributed by atoms with Crippen LogP contribution in [0.2, 0.25) is 0 Å². The van der Waals surface area contributed by atoms with E-state index in [2.05, 4.69) is 67.2 Å². The molecule has 2 aromatic carbocycles. The molecule has 0 radical (unpaired) electrons. The first-order valence-corrected chi connectivity index (χ1v) is 6.31. The topological polar surface area (TPSA) is 24.1 Å². The largest absolute Gasteiger partial charge is 0.253 e. The lowest BCUT2D eigenvalue weighted by molar-refractivity contribution is 0.528. The van der Waals surface area contributed by atoms with Gasteiger partial charge in [0.25, 0.3) is 0 Å². The molecular formula is C16H22Cl2N2. The monoisotopic (exact) mass is 312 g/mol. The van der Waals surface area contributed by atoms with E-state index in [1.165, 1.54) is 22.3 Å². The smallest absolute Gasteiger partial charge is 0.0353 e. The van der Waals surface area contributed by atoms with Crippen molar-refractivity contribution in [2.24, 2.45) is 0 Å². The summed E-state index contributed by atoms with van der Waals surface area (Å²) in [7, 11) is 0. The third-order valence-electron chi connectivity index (χ3n) is 3.04. The number of aryl methyl sites for hydroxylation is 2. The summed E-state index contributed by atoms with van der Waals surface area (Å²) in [5.74, 6) is 0. The summed E-state index contributed by atoms with van der Waals surface area (Å²) in [5.41, 5.74) is 11.8. The molecule has 0 aliphatic heterocycles. The highest BCUT2D eigenvalue weighted by Crippen LogP contribution is 2.09. The van der Waals surface area contributed by atoms with E-state index in [0.29, 0.717) is 0 Å². The van der Waals surface area contributed by atoms with E-state index in [1.807, 2.05) is 6.07 Å². The molecule has 20 heavy (non-hydrogen) atoms. The first kappa shape index (κ1) is 18.9. The molecule has 4 heteroatoms. The van der Waals surface area contributed by atoms with Crippen molar-refractivity contribution in [2.45, 2.75) is 26.9 Å². The van der Waals surface area contributed by atoms with E-state index in [9.17, 15) is 0 Å². The van der Waals surface area contributed by atoms with Crippen LogP contribution in [0.4, 0.5) is 0 Å². The van der Waals surface area contributed by atoms with Crippen LogP contribution in [0.5, 0.6) is 0 Å². The van der Waals surface area contributed by atoms with Crippen LogP contribution in [0, 0.1) is 13.8 Å². The summed E-state index contributed by atoms with van der Waals surface area (Å²) in [4.78, 5) is 0. The van der Waals surface area contributed by atoms with Gasteiger partial charge >= 0.3 is 0 Å². The molecule has 110 valence electrons. The first-order valence-electron chi connectivity index (χ1n) is 6.31. The minimum absolute atomic E-state index is 0. The molecule has 2 aromatic rings. The van der Waals surface area contributed by atoms with Crippen molar-refractivity contribution >= 4 is 24.8 Å². The Bertz CT molecular complexity index is 501. The Kier molecular flexibility index (Phi) is 9.26. The van der Waals surface area contributed by atoms with Gasteiger partial charge in [-0.3, -0.25) is 10.9 Å². The Morgan fingerprint density at radius 2 is 1.45 bits per heavy atom. The van der Waals surface area contributed by atoms with Crippen molar-refractivity contribution in [3.05, 3.63) is 70.8 Å². The average molecular weight is 313 g/mol. The molecule has 0 bridgehead atoms. The zero-order valence-electron chi connectivity index (χ0n) is 11.8. The zero-order chi connectivity index (χ0) is 12.8. The normalized spacial score (nSPS) is 9.50. The van der Waals surface area contributed by atoms with Gasteiger partial charge in [-0.2, -0.15) is 0 Å². The number of halogens is 2. The Balaban J connectivity index is 0.00000180. The molecule has 0 saturated heterocycles. The molecule has 0 aliphatic carbocycles. The van der Waals surface area contributed by atoms with Gasteiger partial charge in [0.05, 0.1) is 0 Å². The quantitative estimate of drug-likeness (QED) is 0.645. The first-order chi connectivity index (χ1) is 8.75. The molecule has 0 fully saturated rings. The lowest BCUT2D eigenvalue weighted by Crippen LogP contribution is -2.30. The fourth-order valence-corrected chi connectivity index (χ4v) is 1.96. The maximum absolute atomic E-state index is 3.26. The van der Waals surface area contributed by atoms with Crippen LogP contribution >= 0.6 is 24.8 Å². The molecule has 2 rings (SSSR count). The van der Waals surface area contributed by atoms with Crippen LogP contribution in [-0.4, -0.2) is 0 Å². The van der Waals surface area contributed by atoms with Gasteiger partial charge in [-0.15, -0.1) is 24.8 Å². The van der Waals surface area contributed by atoms with Crippen LogP contribution in [0.25, 0.3) is 0 Å². The Morgan fingerprint density at radius 3 is 2.10 bits per heavy atom. The summed E-state index contributed by atoms with van der Waals surface area (Å²) in [6.07, 6.45) is 0. The summed E-state index contributed by atoms with van der Waals surface area (Å²) in [6.45, 7) is 5.96. The molecule has 2 N–H and O–H groups in total. The molecule has 0 unspecified atom stereocenters. The minimum atomic E-state index is 0. The van der Waals surface area contributed by atoms with Crippen molar-refractivity contribution in [2.75, 3.05) is 0 Å². The maximum Gasteiger partial charge on any atom is 0.0353 e. The van der Waals surface area contributed by atoms with E-state index in [1.54, 1.807) is 0 Å². The van der Waals surface area contributed by atoms with Gasteiger partial charge in [0.1, 0.15) is 0 Å². The number of nitrogens with one attached hydrogen (secondary N) is 2. The highest BCUT2D eigenvalue weighted by atomic mass is 35.5. The number of hydrogen-bond acceptors (Lipinski definition) is 2. The lowest BCUT2D eigenvalue weighted by atomic mass is 10.1. The molecule has 0 aromatic heterocycles. The van der Waals surface area contributed by atoms with E-state index in [-0.39, 0.29) is 24.8 Å². The zero-order valence-corrected chi connectivity index (χ0v) is 13.5. The summed E-state index contributed by atoms with van der Waals surface area (Å²) >= 11 is 0. The number of benzene rings is 2. The lowest BCUT2D eigenvalue weighted by Gasteiger charge is -2.10. The van der Waals surface area contributed by atoms with Crippen molar-refractivity contribution in [3.8, 4) is 0 Å². The molecule has 0 saturated carbocycles. The van der Waals surface area contributed by atoms with Gasteiger partial charge in [-0.05, 0) is 30.5 Å². The molecule has 0 aliphatic rings. The Morgan fingerprint density at radius 1 is 0.800 bits per heavy atom. The van der Waals surface area contributed by atoms with Gasteiger partial charge in [-0.25, -0.2) is 0 Å². The van der Waals surface area contributed by atoms with Gasteiger partial charge in [-0.1, -0.05) is 54.1 Å². The van der Waals surface area contributed by atoms with Gasteiger partial charge in [0.2, 0.25) is 0 Å². The number of hydrazine groups is 1. The average Bonchev–Trinajstić information content (AvgIpc) is 2.38. The van der Waals surface area contributed by atoms with Gasteiger partial charge in [0.15, 0.2) is 0 Å². The fourth-order valence-electron chi connectivity index (χ4n) is 1.96. The number of rotatable bonds is 5.